The number of aryl methyl sites for hydroxylation is 1. The average molecular weight is 266 g/mol. The quantitative estimate of drug-likeness (QED) is 0.855. The van der Waals surface area contributed by atoms with Crippen LogP contribution in [0.4, 0.5) is 0 Å². The number of hydrogen-bond acceptors (Lipinski definition) is 4. The zero-order chi connectivity index (χ0) is 13.3. The van der Waals surface area contributed by atoms with Crippen LogP contribution in [0.1, 0.15) is 26.4 Å². The van der Waals surface area contributed by atoms with E-state index in [1.807, 2.05) is 0 Å². The lowest BCUT2D eigenvalue weighted by Crippen LogP contribution is -2.07. The number of pyridine rings is 1. The predicted octanol–water partition coefficient (Wildman–Crippen LogP) is 1.74. The van der Waals surface area contributed by atoms with Gasteiger partial charge < -0.3 is 5.11 Å². The van der Waals surface area contributed by atoms with Crippen LogP contribution in [0.25, 0.3) is 5.69 Å². The third-order valence-electron chi connectivity index (χ3n) is 2.39. The largest absolute Gasteiger partial charge is 0.478 e. The Labute approximate surface area is 107 Å². The molecule has 2 aromatic rings. The van der Waals surface area contributed by atoms with Gasteiger partial charge in [-0.15, -0.1) is 0 Å². The van der Waals surface area contributed by atoms with E-state index in [9.17, 15) is 9.59 Å². The lowest BCUT2D eigenvalue weighted by Gasteiger charge is -2.06. The van der Waals surface area contributed by atoms with Crippen molar-refractivity contribution in [1.82, 2.24) is 14.8 Å². The first-order valence-corrected chi connectivity index (χ1v) is 5.31. The molecule has 2 rings (SSSR count). The molecule has 0 atom stereocenters. The Kier molecular flexibility index (Phi) is 3.12. The first kappa shape index (κ1) is 12.3. The van der Waals surface area contributed by atoms with Crippen molar-refractivity contribution in [3.05, 3.63) is 40.4 Å². The highest BCUT2D eigenvalue weighted by atomic mass is 35.5. The van der Waals surface area contributed by atoms with E-state index in [1.165, 1.54) is 17.1 Å². The van der Waals surface area contributed by atoms with E-state index in [-0.39, 0.29) is 22.0 Å². The van der Waals surface area contributed by atoms with E-state index < -0.39 is 5.97 Å². The zero-order valence-corrected chi connectivity index (χ0v) is 10.0. The van der Waals surface area contributed by atoms with Gasteiger partial charge in [-0.3, -0.25) is 9.78 Å². The fourth-order valence-corrected chi connectivity index (χ4v) is 1.76. The van der Waals surface area contributed by atoms with E-state index in [2.05, 4.69) is 10.1 Å². The van der Waals surface area contributed by atoms with Crippen molar-refractivity contribution in [2.45, 2.75) is 6.92 Å². The molecule has 2 heterocycles. The first-order valence-electron chi connectivity index (χ1n) is 4.93. The molecule has 0 spiro atoms. The molecule has 6 nitrogen and oxygen atoms in total. The summed E-state index contributed by atoms with van der Waals surface area (Å²) in [6.45, 7) is 1.70. The summed E-state index contributed by atoms with van der Waals surface area (Å²) in [6, 6.07) is 0. The zero-order valence-electron chi connectivity index (χ0n) is 9.29. The maximum Gasteiger partial charge on any atom is 0.339 e. The average Bonchev–Trinajstić information content (AvgIpc) is 2.69. The first-order chi connectivity index (χ1) is 8.54. The second-order valence-corrected chi connectivity index (χ2v) is 3.99. The fraction of sp³-hybridized carbons (Fsp3) is 0.0909. The maximum absolute atomic E-state index is 11.2. The van der Waals surface area contributed by atoms with Crippen LogP contribution in [0.3, 0.4) is 0 Å². The highest BCUT2D eigenvalue weighted by Gasteiger charge is 2.18. The summed E-state index contributed by atoms with van der Waals surface area (Å²) in [5, 5.41) is 13.1. The Morgan fingerprint density at radius 3 is 2.78 bits per heavy atom. The number of hydrogen-bond donors (Lipinski definition) is 1. The summed E-state index contributed by atoms with van der Waals surface area (Å²) in [7, 11) is 0. The van der Waals surface area contributed by atoms with E-state index in [1.54, 1.807) is 13.1 Å². The van der Waals surface area contributed by atoms with Gasteiger partial charge in [0, 0.05) is 12.4 Å². The number of aromatic carboxylic acids is 1. The van der Waals surface area contributed by atoms with Crippen LogP contribution in [0.2, 0.25) is 5.02 Å². The van der Waals surface area contributed by atoms with Crippen LogP contribution in [-0.2, 0) is 0 Å². The molecule has 0 saturated heterocycles. The number of carbonyl (C=O) groups is 2. The number of aldehydes is 1. The van der Waals surface area contributed by atoms with E-state index in [4.69, 9.17) is 16.7 Å². The molecule has 18 heavy (non-hydrogen) atoms. The van der Waals surface area contributed by atoms with Gasteiger partial charge in [-0.05, 0) is 12.5 Å². The SMILES string of the molecule is Cc1cn(-c2cncc(Cl)c2C(=O)O)nc1C=O. The van der Waals surface area contributed by atoms with Gasteiger partial charge in [0.2, 0.25) is 0 Å². The Balaban J connectivity index is 2.66. The highest BCUT2D eigenvalue weighted by Crippen LogP contribution is 2.22. The molecule has 0 aliphatic rings. The topological polar surface area (TPSA) is 85.1 Å². The van der Waals surface area contributed by atoms with Crippen molar-refractivity contribution in [1.29, 1.82) is 0 Å². The van der Waals surface area contributed by atoms with Crippen LogP contribution in [-0.4, -0.2) is 32.1 Å². The third-order valence-corrected chi connectivity index (χ3v) is 2.67. The molecule has 0 unspecified atom stereocenters. The summed E-state index contributed by atoms with van der Waals surface area (Å²) < 4.78 is 1.28. The number of nitrogens with zero attached hydrogens (tertiary/aromatic N) is 3. The summed E-state index contributed by atoms with van der Waals surface area (Å²) in [6.07, 6.45) is 4.72. The molecule has 0 aliphatic carbocycles. The number of carboxylic acids is 1. The molecule has 2 aromatic heterocycles. The molecular formula is C11H8ClN3O3. The minimum atomic E-state index is -1.18. The van der Waals surface area contributed by atoms with Gasteiger partial charge in [0.05, 0.1) is 16.9 Å². The number of carbonyl (C=O) groups excluding carboxylic acids is 1. The van der Waals surface area contributed by atoms with Crippen molar-refractivity contribution in [2.24, 2.45) is 0 Å². The number of halogens is 1. The molecule has 7 heteroatoms. The van der Waals surface area contributed by atoms with Crippen LogP contribution in [0.15, 0.2) is 18.6 Å². The van der Waals surface area contributed by atoms with Gasteiger partial charge >= 0.3 is 5.97 Å². The summed E-state index contributed by atoms with van der Waals surface area (Å²) in [5.74, 6) is -1.18. The molecule has 0 bridgehead atoms. The second kappa shape index (κ2) is 4.58. The van der Waals surface area contributed by atoms with E-state index in [0.29, 0.717) is 11.8 Å². The third kappa shape index (κ3) is 1.98. The van der Waals surface area contributed by atoms with E-state index in [0.717, 1.165) is 0 Å². The van der Waals surface area contributed by atoms with Gasteiger partial charge in [-0.1, -0.05) is 11.6 Å². The fourth-order valence-electron chi connectivity index (χ4n) is 1.52. The second-order valence-electron chi connectivity index (χ2n) is 3.58. The summed E-state index contributed by atoms with van der Waals surface area (Å²) >= 11 is 5.80. The van der Waals surface area contributed by atoms with E-state index >= 15 is 0 Å². The molecular weight excluding hydrogens is 258 g/mol. The Hall–Kier alpha value is -2.21. The maximum atomic E-state index is 11.2. The Morgan fingerprint density at radius 2 is 2.22 bits per heavy atom. The smallest absolute Gasteiger partial charge is 0.339 e. The molecule has 0 amide bonds. The molecule has 92 valence electrons. The van der Waals surface area contributed by atoms with Gasteiger partial charge in [0.15, 0.2) is 6.29 Å². The molecule has 0 aliphatic heterocycles. The lowest BCUT2D eigenvalue weighted by molar-refractivity contribution is 0.0696. The van der Waals surface area contributed by atoms with Gasteiger partial charge in [-0.2, -0.15) is 5.10 Å². The number of carboxylic acid groups (broad SMARTS) is 1. The van der Waals surface area contributed by atoms with Crippen molar-refractivity contribution in [3.8, 4) is 5.69 Å². The van der Waals surface area contributed by atoms with Crippen LogP contribution >= 0.6 is 11.6 Å². The molecule has 0 radical (unpaired) electrons. The van der Waals surface area contributed by atoms with Gasteiger partial charge in [0.1, 0.15) is 11.3 Å². The minimum Gasteiger partial charge on any atom is -0.478 e. The number of rotatable bonds is 3. The van der Waals surface area contributed by atoms with Crippen molar-refractivity contribution < 1.29 is 14.7 Å². The monoisotopic (exact) mass is 265 g/mol. The molecule has 0 aromatic carbocycles. The van der Waals surface area contributed by atoms with Crippen LogP contribution < -0.4 is 0 Å². The molecule has 0 fully saturated rings. The molecule has 1 N–H and O–H groups in total. The lowest BCUT2D eigenvalue weighted by atomic mass is 10.2. The summed E-state index contributed by atoms with van der Waals surface area (Å²) in [4.78, 5) is 25.7. The normalized spacial score (nSPS) is 10.3. The van der Waals surface area contributed by atoms with Gasteiger partial charge in [-0.25, -0.2) is 9.48 Å². The van der Waals surface area contributed by atoms with Crippen molar-refractivity contribution >= 4 is 23.9 Å². The minimum absolute atomic E-state index is 0.0146. The number of aromatic nitrogens is 3. The van der Waals surface area contributed by atoms with Crippen LogP contribution in [0.5, 0.6) is 0 Å². The molecule has 0 saturated carbocycles. The van der Waals surface area contributed by atoms with Gasteiger partial charge in [0.25, 0.3) is 0 Å². The summed E-state index contributed by atoms with van der Waals surface area (Å²) in [5.41, 5.74) is 0.991. The Bertz CT molecular complexity index is 636. The van der Waals surface area contributed by atoms with Crippen LogP contribution in [0, 0.1) is 6.92 Å². The standard InChI is InChI=1S/C11H8ClN3O3/c1-6-4-15(14-8(6)5-16)9-3-13-2-7(12)10(9)11(17)18/h2-5H,1H3,(H,17,18). The van der Waals surface area contributed by atoms with Crippen molar-refractivity contribution in [2.75, 3.05) is 0 Å². The predicted molar refractivity (Wildman–Crippen MR) is 63.5 cm³/mol. The van der Waals surface area contributed by atoms with Crippen molar-refractivity contribution in [3.63, 3.8) is 0 Å². The highest BCUT2D eigenvalue weighted by molar-refractivity contribution is 6.33. The Morgan fingerprint density at radius 1 is 1.50 bits per heavy atom.